The van der Waals surface area contributed by atoms with Crippen LogP contribution in [0.4, 0.5) is 33.6 Å². The van der Waals surface area contributed by atoms with Crippen molar-refractivity contribution in [2.75, 3.05) is 28.7 Å². The molecule has 1 fully saturated rings. The lowest BCUT2D eigenvalue weighted by molar-refractivity contribution is -0.384. The number of aromatic nitrogens is 3. The Morgan fingerprint density at radius 3 is 2.44 bits per heavy atom. The number of rotatable bonds is 7. The molecule has 3 aromatic rings. The van der Waals surface area contributed by atoms with Crippen molar-refractivity contribution in [1.29, 1.82) is 0 Å². The standard InChI is InChI=1S/C21H19Cl2FN8O2/c22-16-8-9-17(32(33)34)18(23)15(16)12-25-30-20-27-19(26-14-6-4-13(24)5-7-14)28-21(29-20)31-10-2-1-3-11-31/h4-9,12H,1-3,10-11H2,(H2,26,27,28,29,30)/b25-12+. The quantitative estimate of drug-likeness (QED) is 0.249. The normalized spacial score (nSPS) is 13.8. The number of nitro benzene ring substituents is 1. The van der Waals surface area contributed by atoms with E-state index >= 15 is 0 Å². The van der Waals surface area contributed by atoms with Gasteiger partial charge in [0.05, 0.1) is 16.2 Å². The van der Waals surface area contributed by atoms with Gasteiger partial charge in [-0.25, -0.2) is 9.82 Å². The fourth-order valence-corrected chi connectivity index (χ4v) is 3.88. The zero-order chi connectivity index (χ0) is 24.1. The molecule has 0 atom stereocenters. The molecule has 0 spiro atoms. The topological polar surface area (TPSA) is 121 Å². The van der Waals surface area contributed by atoms with Gasteiger partial charge in [-0.2, -0.15) is 20.1 Å². The summed E-state index contributed by atoms with van der Waals surface area (Å²) in [6, 6.07) is 8.37. The SMILES string of the molecule is O=[N+]([O-])c1ccc(Cl)c(/C=N/Nc2nc(Nc3ccc(F)cc3)nc(N3CCCCC3)n2)c1Cl. The van der Waals surface area contributed by atoms with Gasteiger partial charge in [0.1, 0.15) is 10.8 Å². The van der Waals surface area contributed by atoms with Crippen LogP contribution < -0.4 is 15.6 Å². The molecule has 0 unspecified atom stereocenters. The van der Waals surface area contributed by atoms with Crippen molar-refractivity contribution in [2.24, 2.45) is 5.10 Å². The third-order valence-corrected chi connectivity index (χ3v) is 5.75. The summed E-state index contributed by atoms with van der Waals surface area (Å²) in [7, 11) is 0. The number of piperidine rings is 1. The Bertz CT molecular complexity index is 1220. The van der Waals surface area contributed by atoms with Crippen LogP contribution in [0.3, 0.4) is 0 Å². The number of anilines is 4. The minimum atomic E-state index is -0.603. The molecule has 2 N–H and O–H groups in total. The molecular formula is C21H19Cl2FN8O2. The predicted molar refractivity (Wildman–Crippen MR) is 130 cm³/mol. The second-order valence-corrected chi connectivity index (χ2v) is 8.17. The number of hydrazone groups is 1. The third-order valence-electron chi connectivity index (χ3n) is 5.02. The first kappa shape index (κ1) is 23.6. The van der Waals surface area contributed by atoms with Gasteiger partial charge in [-0.1, -0.05) is 23.2 Å². The summed E-state index contributed by atoms with van der Waals surface area (Å²) in [5.74, 6) is 0.481. The molecule has 0 aliphatic carbocycles. The Kier molecular flexibility index (Phi) is 7.33. The lowest BCUT2D eigenvalue weighted by atomic mass is 10.1. The molecule has 10 nitrogen and oxygen atoms in total. The lowest BCUT2D eigenvalue weighted by Gasteiger charge is -2.26. The fourth-order valence-electron chi connectivity index (χ4n) is 3.34. The molecule has 1 aromatic heterocycles. The summed E-state index contributed by atoms with van der Waals surface area (Å²) in [6.45, 7) is 1.61. The number of benzene rings is 2. The van der Waals surface area contributed by atoms with E-state index in [9.17, 15) is 14.5 Å². The van der Waals surface area contributed by atoms with Crippen LogP contribution in [-0.4, -0.2) is 39.2 Å². The maximum Gasteiger partial charge on any atom is 0.288 e. The van der Waals surface area contributed by atoms with E-state index in [0.29, 0.717) is 11.6 Å². The van der Waals surface area contributed by atoms with Crippen LogP contribution in [-0.2, 0) is 0 Å². The van der Waals surface area contributed by atoms with Crippen LogP contribution in [0.5, 0.6) is 0 Å². The average molecular weight is 505 g/mol. The first-order valence-corrected chi connectivity index (χ1v) is 11.1. The minimum absolute atomic E-state index is 0.133. The van der Waals surface area contributed by atoms with Gasteiger partial charge >= 0.3 is 0 Å². The first-order chi connectivity index (χ1) is 16.4. The number of nitro groups is 1. The average Bonchev–Trinajstić information content (AvgIpc) is 2.83. The van der Waals surface area contributed by atoms with Crippen molar-refractivity contribution in [3.63, 3.8) is 0 Å². The minimum Gasteiger partial charge on any atom is -0.341 e. The molecule has 34 heavy (non-hydrogen) atoms. The van der Waals surface area contributed by atoms with E-state index in [1.54, 1.807) is 12.1 Å². The largest absolute Gasteiger partial charge is 0.341 e. The van der Waals surface area contributed by atoms with Gasteiger partial charge in [-0.05, 0) is 49.6 Å². The van der Waals surface area contributed by atoms with E-state index in [1.807, 2.05) is 4.90 Å². The second kappa shape index (κ2) is 10.6. The van der Waals surface area contributed by atoms with Gasteiger partial charge in [0, 0.05) is 30.4 Å². The summed E-state index contributed by atoms with van der Waals surface area (Å²) >= 11 is 12.2. The molecule has 1 saturated heterocycles. The monoisotopic (exact) mass is 504 g/mol. The molecule has 1 aliphatic rings. The van der Waals surface area contributed by atoms with Crippen molar-refractivity contribution in [3.8, 4) is 0 Å². The number of nitrogens with zero attached hydrogens (tertiary/aromatic N) is 6. The van der Waals surface area contributed by atoms with Crippen molar-refractivity contribution >= 4 is 58.6 Å². The lowest BCUT2D eigenvalue weighted by Crippen LogP contribution is -2.31. The Morgan fingerprint density at radius 1 is 1.03 bits per heavy atom. The Labute approximate surface area is 204 Å². The first-order valence-electron chi connectivity index (χ1n) is 10.4. The highest BCUT2D eigenvalue weighted by Gasteiger charge is 2.18. The van der Waals surface area contributed by atoms with Gasteiger partial charge in [0.2, 0.25) is 17.8 Å². The third kappa shape index (κ3) is 5.67. The highest BCUT2D eigenvalue weighted by atomic mass is 35.5. The van der Waals surface area contributed by atoms with Crippen molar-refractivity contribution in [3.05, 3.63) is 67.9 Å². The van der Waals surface area contributed by atoms with E-state index in [0.717, 1.165) is 32.4 Å². The predicted octanol–water partition coefficient (Wildman–Crippen LogP) is 5.41. The molecule has 2 heterocycles. The van der Waals surface area contributed by atoms with E-state index in [2.05, 4.69) is 30.8 Å². The number of nitrogens with one attached hydrogen (secondary N) is 2. The fraction of sp³-hybridized carbons (Fsp3) is 0.238. The van der Waals surface area contributed by atoms with E-state index in [4.69, 9.17) is 23.2 Å². The van der Waals surface area contributed by atoms with Gasteiger partial charge in [0.25, 0.3) is 5.69 Å². The summed E-state index contributed by atoms with van der Waals surface area (Å²) < 4.78 is 13.2. The van der Waals surface area contributed by atoms with Crippen molar-refractivity contribution < 1.29 is 9.31 Å². The molecule has 0 bridgehead atoms. The Morgan fingerprint density at radius 2 is 1.74 bits per heavy atom. The number of hydrogen-bond donors (Lipinski definition) is 2. The number of halogens is 3. The zero-order valence-electron chi connectivity index (χ0n) is 17.7. The summed E-state index contributed by atoms with van der Waals surface area (Å²) in [4.78, 5) is 25.8. The van der Waals surface area contributed by atoms with Crippen molar-refractivity contribution in [2.45, 2.75) is 19.3 Å². The molecule has 4 rings (SSSR count). The molecule has 13 heteroatoms. The highest BCUT2D eigenvalue weighted by Crippen LogP contribution is 2.32. The summed E-state index contributed by atoms with van der Waals surface area (Å²) in [5.41, 5.74) is 3.20. The number of hydrogen-bond acceptors (Lipinski definition) is 9. The van der Waals surface area contributed by atoms with Crippen LogP contribution in [0.2, 0.25) is 10.0 Å². The molecule has 0 saturated carbocycles. The van der Waals surface area contributed by atoms with E-state index < -0.39 is 4.92 Å². The van der Waals surface area contributed by atoms with Crippen LogP contribution in [0, 0.1) is 15.9 Å². The Hall–Kier alpha value is -3.57. The summed E-state index contributed by atoms with van der Waals surface area (Å²) in [6.07, 6.45) is 4.45. The van der Waals surface area contributed by atoms with Crippen LogP contribution >= 0.6 is 23.2 Å². The molecule has 0 amide bonds. The maximum absolute atomic E-state index is 13.2. The van der Waals surface area contributed by atoms with Gasteiger partial charge < -0.3 is 10.2 Å². The van der Waals surface area contributed by atoms with Gasteiger partial charge in [0.15, 0.2) is 0 Å². The van der Waals surface area contributed by atoms with Gasteiger partial charge in [-0.3, -0.25) is 10.1 Å². The second-order valence-electron chi connectivity index (χ2n) is 7.38. The van der Waals surface area contributed by atoms with Crippen molar-refractivity contribution in [1.82, 2.24) is 15.0 Å². The van der Waals surface area contributed by atoms with Gasteiger partial charge in [-0.15, -0.1) is 0 Å². The Balaban J connectivity index is 1.61. The molecule has 176 valence electrons. The molecule has 2 aromatic carbocycles. The summed E-state index contributed by atoms with van der Waals surface area (Å²) in [5, 5.41) is 18.3. The molecular weight excluding hydrogens is 486 g/mol. The van der Waals surface area contributed by atoms with Crippen LogP contribution in [0.25, 0.3) is 0 Å². The van der Waals surface area contributed by atoms with E-state index in [-0.39, 0.29) is 39.0 Å². The zero-order valence-corrected chi connectivity index (χ0v) is 19.2. The molecule has 1 aliphatic heterocycles. The smallest absolute Gasteiger partial charge is 0.288 e. The van der Waals surface area contributed by atoms with E-state index in [1.165, 1.54) is 30.5 Å². The molecule has 0 radical (unpaired) electrons. The van der Waals surface area contributed by atoms with Crippen LogP contribution in [0.1, 0.15) is 24.8 Å². The maximum atomic E-state index is 13.2. The van der Waals surface area contributed by atoms with Crippen LogP contribution in [0.15, 0.2) is 41.5 Å². The highest BCUT2D eigenvalue weighted by molar-refractivity contribution is 6.40.